The van der Waals surface area contributed by atoms with Crippen molar-refractivity contribution in [1.82, 2.24) is 10.6 Å². The molecule has 6 atom stereocenters. The topological polar surface area (TPSA) is 182 Å². The van der Waals surface area contributed by atoms with Crippen molar-refractivity contribution in [3.8, 4) is 0 Å². The lowest BCUT2D eigenvalue weighted by atomic mass is 9.89. The van der Waals surface area contributed by atoms with Crippen molar-refractivity contribution in [3.05, 3.63) is 0 Å². The summed E-state index contributed by atoms with van der Waals surface area (Å²) in [7, 11) is 1.15. The van der Waals surface area contributed by atoms with E-state index in [0.717, 1.165) is 21.0 Å². The van der Waals surface area contributed by atoms with Gasteiger partial charge in [-0.1, -0.05) is 0 Å². The average molecular weight is 547 g/mol. The van der Waals surface area contributed by atoms with Gasteiger partial charge in [-0.2, -0.15) is 0 Å². The number of ether oxygens (including phenoxy) is 6. The summed E-state index contributed by atoms with van der Waals surface area (Å²) in [5.41, 5.74) is -0.819. The van der Waals surface area contributed by atoms with E-state index in [2.05, 4.69) is 10.6 Å². The summed E-state index contributed by atoms with van der Waals surface area (Å²) in [6.45, 7) is 9.30. The standard InChI is InChI=1S/C24H38N2O12/c1-12(27)25-19-17(10-9-16(22(31)33-8)26-23(32)38-24(5,6)7)37-18(11-34-13(2)28)20(35-14(3)29)21(19)36-15(4)30/h16-21H,9-11H2,1-8H3,(H,25,27)(H,26,32)/t16?,17-,18+,19-,20+,21+/m0/s1. The molecule has 0 saturated carbocycles. The molecule has 14 heteroatoms. The minimum absolute atomic E-state index is 0.0155. The molecule has 216 valence electrons. The van der Waals surface area contributed by atoms with Crippen molar-refractivity contribution in [2.24, 2.45) is 0 Å². The van der Waals surface area contributed by atoms with Gasteiger partial charge in [0.15, 0.2) is 12.2 Å². The van der Waals surface area contributed by atoms with Crippen LogP contribution in [0.1, 0.15) is 61.3 Å². The molecule has 1 rings (SSSR count). The summed E-state index contributed by atoms with van der Waals surface area (Å²) < 4.78 is 31.9. The Bertz CT molecular complexity index is 884. The Labute approximate surface area is 221 Å². The molecular weight excluding hydrogens is 508 g/mol. The van der Waals surface area contributed by atoms with Crippen molar-refractivity contribution in [1.29, 1.82) is 0 Å². The Morgan fingerprint density at radius 1 is 0.868 bits per heavy atom. The first-order valence-corrected chi connectivity index (χ1v) is 12.0. The van der Waals surface area contributed by atoms with Gasteiger partial charge in [0.1, 0.15) is 24.4 Å². The van der Waals surface area contributed by atoms with E-state index in [1.165, 1.54) is 13.8 Å². The predicted octanol–water partition coefficient (Wildman–Crippen LogP) is 0.532. The highest BCUT2D eigenvalue weighted by Crippen LogP contribution is 2.30. The number of amides is 2. The number of methoxy groups -OCH3 is 1. The summed E-state index contributed by atoms with van der Waals surface area (Å²) in [4.78, 5) is 72.0. The molecule has 2 N–H and O–H groups in total. The van der Waals surface area contributed by atoms with Gasteiger partial charge < -0.3 is 39.1 Å². The summed E-state index contributed by atoms with van der Waals surface area (Å²) in [5, 5.41) is 5.09. The van der Waals surface area contributed by atoms with Crippen molar-refractivity contribution in [3.63, 3.8) is 0 Å². The molecule has 0 spiro atoms. The highest BCUT2D eigenvalue weighted by molar-refractivity contribution is 5.81. The van der Waals surface area contributed by atoms with Crippen LogP contribution in [0.3, 0.4) is 0 Å². The van der Waals surface area contributed by atoms with Crippen molar-refractivity contribution < 1.29 is 57.2 Å². The monoisotopic (exact) mass is 546 g/mol. The van der Waals surface area contributed by atoms with E-state index in [1.807, 2.05) is 0 Å². The molecule has 0 aromatic carbocycles. The van der Waals surface area contributed by atoms with Crippen LogP contribution in [0.4, 0.5) is 4.79 Å². The van der Waals surface area contributed by atoms with Gasteiger partial charge >= 0.3 is 30.0 Å². The maximum atomic E-state index is 12.4. The zero-order valence-corrected chi connectivity index (χ0v) is 23.0. The van der Waals surface area contributed by atoms with Crippen LogP contribution in [0.5, 0.6) is 0 Å². The molecule has 0 aromatic rings. The number of alkyl carbamates (subject to hydrolysis) is 1. The lowest BCUT2D eigenvalue weighted by Gasteiger charge is -2.45. The summed E-state index contributed by atoms with van der Waals surface area (Å²) in [6, 6.07) is -2.18. The van der Waals surface area contributed by atoms with Crippen molar-refractivity contribution in [2.75, 3.05) is 13.7 Å². The molecule has 0 aromatic heterocycles. The largest absolute Gasteiger partial charge is 0.467 e. The zero-order valence-electron chi connectivity index (χ0n) is 23.0. The van der Waals surface area contributed by atoms with E-state index in [1.54, 1.807) is 20.8 Å². The highest BCUT2D eigenvalue weighted by atomic mass is 16.6. The second-order valence-electron chi connectivity index (χ2n) is 9.69. The van der Waals surface area contributed by atoms with Crippen LogP contribution in [-0.4, -0.2) is 91.7 Å². The van der Waals surface area contributed by atoms with Gasteiger partial charge in [-0.05, 0) is 33.6 Å². The van der Waals surface area contributed by atoms with E-state index in [0.29, 0.717) is 0 Å². The third kappa shape index (κ3) is 11.3. The van der Waals surface area contributed by atoms with Crippen LogP contribution in [0, 0.1) is 0 Å². The van der Waals surface area contributed by atoms with E-state index >= 15 is 0 Å². The molecule has 14 nitrogen and oxygen atoms in total. The van der Waals surface area contributed by atoms with Crippen LogP contribution in [0.15, 0.2) is 0 Å². The normalized spacial score (nSPS) is 23.7. The second-order valence-corrected chi connectivity index (χ2v) is 9.69. The average Bonchev–Trinajstić information content (AvgIpc) is 2.75. The van der Waals surface area contributed by atoms with E-state index in [-0.39, 0.29) is 19.4 Å². The first-order valence-electron chi connectivity index (χ1n) is 12.0. The second kappa shape index (κ2) is 14.5. The Hall–Kier alpha value is -3.42. The molecule has 1 aliphatic rings. The summed E-state index contributed by atoms with van der Waals surface area (Å²) in [5.74, 6) is -3.35. The summed E-state index contributed by atoms with van der Waals surface area (Å²) in [6.07, 6.45) is -5.37. The maximum absolute atomic E-state index is 12.4. The first kappa shape index (κ1) is 32.6. The van der Waals surface area contributed by atoms with Gasteiger partial charge in [0.2, 0.25) is 5.91 Å². The molecule has 2 amide bonds. The number of carbonyl (C=O) groups is 6. The first-order chi connectivity index (χ1) is 17.5. The Morgan fingerprint density at radius 3 is 1.92 bits per heavy atom. The Balaban J connectivity index is 3.31. The molecule has 0 aliphatic carbocycles. The van der Waals surface area contributed by atoms with Crippen LogP contribution in [0.25, 0.3) is 0 Å². The minimum Gasteiger partial charge on any atom is -0.467 e. The van der Waals surface area contributed by atoms with Crippen LogP contribution < -0.4 is 10.6 Å². The molecule has 38 heavy (non-hydrogen) atoms. The van der Waals surface area contributed by atoms with Crippen molar-refractivity contribution in [2.45, 2.75) is 103 Å². The van der Waals surface area contributed by atoms with E-state index < -0.39 is 78.0 Å². The number of esters is 4. The number of hydrogen-bond acceptors (Lipinski definition) is 12. The molecule has 1 unspecified atom stereocenters. The van der Waals surface area contributed by atoms with Gasteiger partial charge in [-0.25, -0.2) is 9.59 Å². The Morgan fingerprint density at radius 2 is 1.45 bits per heavy atom. The van der Waals surface area contributed by atoms with Gasteiger partial charge in [0.05, 0.1) is 19.3 Å². The smallest absolute Gasteiger partial charge is 0.408 e. The molecular formula is C24H38N2O12. The quantitative estimate of drug-likeness (QED) is 0.287. The fourth-order valence-corrected chi connectivity index (χ4v) is 3.84. The van der Waals surface area contributed by atoms with Gasteiger partial charge in [0, 0.05) is 27.7 Å². The minimum atomic E-state index is -1.24. The van der Waals surface area contributed by atoms with Crippen molar-refractivity contribution >= 4 is 35.9 Å². The third-order valence-corrected chi connectivity index (χ3v) is 5.14. The fraction of sp³-hybridized carbons (Fsp3) is 0.750. The highest BCUT2D eigenvalue weighted by Gasteiger charge is 2.50. The molecule has 1 aliphatic heterocycles. The molecule has 1 fully saturated rings. The van der Waals surface area contributed by atoms with Crippen LogP contribution >= 0.6 is 0 Å². The summed E-state index contributed by atoms with van der Waals surface area (Å²) >= 11 is 0. The molecule has 0 bridgehead atoms. The lowest BCUT2D eigenvalue weighted by Crippen LogP contribution is -2.66. The number of rotatable bonds is 10. The lowest BCUT2D eigenvalue weighted by molar-refractivity contribution is -0.224. The van der Waals surface area contributed by atoms with E-state index in [9.17, 15) is 28.8 Å². The van der Waals surface area contributed by atoms with Crippen LogP contribution in [0.2, 0.25) is 0 Å². The fourth-order valence-electron chi connectivity index (χ4n) is 3.84. The van der Waals surface area contributed by atoms with Crippen LogP contribution in [-0.2, 0) is 52.4 Å². The zero-order chi connectivity index (χ0) is 29.2. The number of carbonyl (C=O) groups excluding carboxylic acids is 6. The Kier molecular flexibility index (Phi) is 12.4. The van der Waals surface area contributed by atoms with Gasteiger partial charge in [-0.15, -0.1) is 0 Å². The number of hydrogen-bond donors (Lipinski definition) is 2. The number of nitrogens with one attached hydrogen (secondary N) is 2. The molecule has 1 heterocycles. The predicted molar refractivity (Wildman–Crippen MR) is 128 cm³/mol. The molecule has 0 radical (unpaired) electrons. The third-order valence-electron chi connectivity index (χ3n) is 5.14. The maximum Gasteiger partial charge on any atom is 0.408 e. The van der Waals surface area contributed by atoms with Gasteiger partial charge in [-0.3, -0.25) is 19.2 Å². The van der Waals surface area contributed by atoms with Gasteiger partial charge in [0.25, 0.3) is 0 Å². The molecule has 1 saturated heterocycles. The van der Waals surface area contributed by atoms with E-state index in [4.69, 9.17) is 28.4 Å². The SMILES string of the molecule is COC(=O)C(CC[C@@H]1O[C@H](COC(C)=O)[C@@H](OC(C)=O)[C@H](OC(C)=O)[C@H]1NC(C)=O)NC(=O)OC(C)(C)C.